The number of anilines is 1. The first-order valence-electron chi connectivity index (χ1n) is 10.9. The number of amides is 1. The molecular formula is C24H27N5O3S2. The Morgan fingerprint density at radius 1 is 1.12 bits per heavy atom. The molecule has 0 fully saturated rings. The number of thioether (sulfide) groups is 1. The Balaban J connectivity index is 1.44. The van der Waals surface area contributed by atoms with Gasteiger partial charge in [-0.25, -0.2) is 4.98 Å². The predicted octanol–water partition coefficient (Wildman–Crippen LogP) is 5.42. The summed E-state index contributed by atoms with van der Waals surface area (Å²) in [6, 6.07) is 15.3. The van der Waals surface area contributed by atoms with Crippen LogP contribution in [0.25, 0.3) is 10.2 Å². The van der Waals surface area contributed by atoms with Crippen LogP contribution >= 0.6 is 23.1 Å². The molecule has 1 atom stereocenters. The number of para-hydroxylation sites is 1. The summed E-state index contributed by atoms with van der Waals surface area (Å²) in [5.74, 6) is 2.57. The molecule has 4 aromatic rings. The third-order valence-corrected chi connectivity index (χ3v) is 6.80. The molecule has 1 N–H and O–H groups in total. The summed E-state index contributed by atoms with van der Waals surface area (Å²) >= 11 is 2.81. The molecule has 0 spiro atoms. The fourth-order valence-electron chi connectivity index (χ4n) is 3.39. The fraction of sp³-hybridized carbons (Fsp3) is 0.333. The SMILES string of the molecule is COc1cccc(OC(C)c2nnc(SCC(=O)Nc3nc4ccccc4s3)n2CC(C)C)c1. The highest BCUT2D eigenvalue weighted by atomic mass is 32.2. The lowest BCUT2D eigenvalue weighted by Crippen LogP contribution is -2.17. The molecule has 2 heterocycles. The molecule has 0 bridgehead atoms. The van der Waals surface area contributed by atoms with Crippen LogP contribution in [0.2, 0.25) is 0 Å². The number of carbonyl (C=O) groups is 1. The van der Waals surface area contributed by atoms with Crippen LogP contribution in [-0.2, 0) is 11.3 Å². The quantitative estimate of drug-likeness (QED) is 0.292. The molecule has 2 aromatic heterocycles. The van der Waals surface area contributed by atoms with E-state index in [9.17, 15) is 4.79 Å². The Bertz CT molecular complexity index is 1240. The molecule has 178 valence electrons. The summed E-state index contributed by atoms with van der Waals surface area (Å²) in [5.41, 5.74) is 0.877. The van der Waals surface area contributed by atoms with Crippen LogP contribution in [0.3, 0.4) is 0 Å². The first-order valence-corrected chi connectivity index (χ1v) is 12.7. The van der Waals surface area contributed by atoms with E-state index in [0.717, 1.165) is 22.5 Å². The number of benzene rings is 2. The molecule has 4 rings (SSSR count). The van der Waals surface area contributed by atoms with E-state index in [4.69, 9.17) is 9.47 Å². The van der Waals surface area contributed by atoms with Gasteiger partial charge in [-0.3, -0.25) is 4.79 Å². The Hall–Kier alpha value is -3.11. The average molecular weight is 498 g/mol. The summed E-state index contributed by atoms with van der Waals surface area (Å²) in [6.07, 6.45) is -0.329. The maximum atomic E-state index is 12.6. The molecule has 10 heteroatoms. The standard InChI is InChI=1S/C24H27N5O3S2/c1-15(2)13-29-22(16(3)32-18-9-7-8-17(12-18)31-4)27-28-24(29)33-14-21(30)26-23-25-19-10-5-6-11-20(19)34-23/h5-12,15-16H,13-14H2,1-4H3,(H,25,26,30). The van der Waals surface area contributed by atoms with E-state index >= 15 is 0 Å². The van der Waals surface area contributed by atoms with E-state index in [1.807, 2.05) is 60.0 Å². The number of aromatic nitrogens is 4. The second kappa shape index (κ2) is 10.9. The molecule has 2 aromatic carbocycles. The number of fused-ring (bicyclic) bond motifs is 1. The number of ether oxygens (including phenoxy) is 2. The number of hydrogen-bond acceptors (Lipinski definition) is 8. The molecule has 8 nitrogen and oxygen atoms in total. The number of hydrogen-bond donors (Lipinski definition) is 1. The largest absolute Gasteiger partial charge is 0.497 e. The normalized spacial score (nSPS) is 12.1. The summed E-state index contributed by atoms with van der Waals surface area (Å²) in [4.78, 5) is 17.0. The van der Waals surface area contributed by atoms with Crippen LogP contribution < -0.4 is 14.8 Å². The van der Waals surface area contributed by atoms with Crippen molar-refractivity contribution in [2.24, 2.45) is 5.92 Å². The van der Waals surface area contributed by atoms with E-state index in [1.54, 1.807) is 7.11 Å². The minimum absolute atomic E-state index is 0.134. The molecule has 0 aliphatic carbocycles. The van der Waals surface area contributed by atoms with Crippen LogP contribution in [-0.4, -0.2) is 38.5 Å². The van der Waals surface area contributed by atoms with Crippen LogP contribution in [0.1, 0.15) is 32.7 Å². The van der Waals surface area contributed by atoms with Gasteiger partial charge in [-0.1, -0.05) is 55.1 Å². The highest BCUT2D eigenvalue weighted by molar-refractivity contribution is 7.99. The number of carbonyl (C=O) groups excluding carboxylic acids is 1. The summed E-state index contributed by atoms with van der Waals surface area (Å²) < 4.78 is 14.5. The molecule has 1 amide bonds. The highest BCUT2D eigenvalue weighted by Gasteiger charge is 2.21. The van der Waals surface area contributed by atoms with Crippen LogP contribution in [0.15, 0.2) is 53.7 Å². The van der Waals surface area contributed by atoms with Crippen molar-refractivity contribution in [3.05, 3.63) is 54.4 Å². The molecule has 34 heavy (non-hydrogen) atoms. The molecular weight excluding hydrogens is 470 g/mol. The lowest BCUT2D eigenvalue weighted by atomic mass is 10.2. The van der Waals surface area contributed by atoms with Crippen LogP contribution in [0, 0.1) is 5.92 Å². The Kier molecular flexibility index (Phi) is 7.69. The minimum Gasteiger partial charge on any atom is -0.497 e. The Morgan fingerprint density at radius 3 is 2.68 bits per heavy atom. The van der Waals surface area contributed by atoms with E-state index < -0.39 is 0 Å². The van der Waals surface area contributed by atoms with Crippen molar-refractivity contribution in [3.63, 3.8) is 0 Å². The molecule has 0 saturated heterocycles. The van der Waals surface area contributed by atoms with E-state index in [-0.39, 0.29) is 17.8 Å². The van der Waals surface area contributed by atoms with Gasteiger partial charge < -0.3 is 19.4 Å². The van der Waals surface area contributed by atoms with E-state index in [2.05, 4.69) is 34.3 Å². The lowest BCUT2D eigenvalue weighted by molar-refractivity contribution is -0.113. The third kappa shape index (κ3) is 5.87. The first-order chi connectivity index (χ1) is 16.4. The van der Waals surface area contributed by atoms with Gasteiger partial charge in [-0.15, -0.1) is 10.2 Å². The van der Waals surface area contributed by atoms with Crippen molar-refractivity contribution in [3.8, 4) is 11.5 Å². The number of nitrogens with one attached hydrogen (secondary N) is 1. The van der Waals surface area contributed by atoms with Crippen molar-refractivity contribution in [2.45, 2.75) is 38.6 Å². The summed E-state index contributed by atoms with van der Waals surface area (Å²) in [6.45, 7) is 6.92. The predicted molar refractivity (Wildman–Crippen MR) is 136 cm³/mol. The van der Waals surface area contributed by atoms with Crippen molar-refractivity contribution < 1.29 is 14.3 Å². The van der Waals surface area contributed by atoms with Crippen molar-refractivity contribution >= 4 is 44.4 Å². The summed E-state index contributed by atoms with van der Waals surface area (Å²) in [7, 11) is 1.62. The Labute approximate surface area is 206 Å². The van der Waals surface area contributed by atoms with Crippen LogP contribution in [0.4, 0.5) is 5.13 Å². The smallest absolute Gasteiger partial charge is 0.236 e. The maximum absolute atomic E-state index is 12.6. The lowest BCUT2D eigenvalue weighted by Gasteiger charge is -2.18. The van der Waals surface area contributed by atoms with Gasteiger partial charge in [0.05, 0.1) is 23.1 Å². The molecule has 0 radical (unpaired) electrons. The van der Waals surface area contributed by atoms with E-state index in [1.165, 1.54) is 23.1 Å². The second-order valence-corrected chi connectivity index (χ2v) is 10.1. The Morgan fingerprint density at radius 2 is 1.91 bits per heavy atom. The maximum Gasteiger partial charge on any atom is 0.236 e. The number of rotatable bonds is 10. The van der Waals surface area contributed by atoms with Gasteiger partial charge in [0.1, 0.15) is 11.5 Å². The first kappa shape index (κ1) is 24.0. The van der Waals surface area contributed by atoms with Gasteiger partial charge >= 0.3 is 0 Å². The number of nitrogens with zero attached hydrogens (tertiary/aromatic N) is 4. The number of methoxy groups -OCH3 is 1. The van der Waals surface area contributed by atoms with Gasteiger partial charge in [0.2, 0.25) is 5.91 Å². The fourth-order valence-corrected chi connectivity index (χ4v) is 5.02. The zero-order valence-electron chi connectivity index (χ0n) is 19.5. The highest BCUT2D eigenvalue weighted by Crippen LogP contribution is 2.28. The topological polar surface area (TPSA) is 91.2 Å². The minimum atomic E-state index is -0.329. The van der Waals surface area contributed by atoms with E-state index in [0.29, 0.717) is 27.8 Å². The summed E-state index contributed by atoms with van der Waals surface area (Å²) in [5, 5.41) is 12.9. The molecule has 0 aliphatic heterocycles. The molecule has 1 unspecified atom stereocenters. The molecule has 0 saturated carbocycles. The van der Waals surface area contributed by atoms with Crippen LogP contribution in [0.5, 0.6) is 11.5 Å². The van der Waals surface area contributed by atoms with Gasteiger partial charge in [-0.05, 0) is 37.1 Å². The van der Waals surface area contributed by atoms with Gasteiger partial charge in [0.15, 0.2) is 22.2 Å². The van der Waals surface area contributed by atoms with Crippen molar-refractivity contribution in [1.29, 1.82) is 0 Å². The van der Waals surface area contributed by atoms with Crippen molar-refractivity contribution in [2.75, 3.05) is 18.2 Å². The zero-order chi connectivity index (χ0) is 24.1. The number of thiazole rings is 1. The van der Waals surface area contributed by atoms with Gasteiger partial charge in [0, 0.05) is 12.6 Å². The van der Waals surface area contributed by atoms with Gasteiger partial charge in [-0.2, -0.15) is 0 Å². The average Bonchev–Trinajstić information content (AvgIpc) is 3.40. The zero-order valence-corrected chi connectivity index (χ0v) is 21.2. The van der Waals surface area contributed by atoms with Crippen molar-refractivity contribution in [1.82, 2.24) is 19.7 Å². The third-order valence-electron chi connectivity index (χ3n) is 4.88. The van der Waals surface area contributed by atoms with Gasteiger partial charge in [0.25, 0.3) is 0 Å². The second-order valence-electron chi connectivity index (χ2n) is 8.11. The molecule has 0 aliphatic rings. The monoisotopic (exact) mass is 497 g/mol.